The van der Waals surface area contributed by atoms with E-state index < -0.39 is 12.0 Å². The van der Waals surface area contributed by atoms with Gasteiger partial charge in [0.25, 0.3) is 0 Å². The van der Waals surface area contributed by atoms with Gasteiger partial charge in [0, 0.05) is 17.8 Å². The van der Waals surface area contributed by atoms with Gasteiger partial charge >= 0.3 is 0 Å². The van der Waals surface area contributed by atoms with Crippen molar-refractivity contribution in [3.63, 3.8) is 0 Å². The number of amides is 2. The van der Waals surface area contributed by atoms with Crippen LogP contribution < -0.4 is 11.1 Å². The highest BCUT2D eigenvalue weighted by molar-refractivity contribution is 5.95. The smallest absolute Gasteiger partial charge is 0.244 e. The molecule has 0 bridgehead atoms. The molecule has 0 radical (unpaired) electrons. The lowest BCUT2D eigenvalue weighted by atomic mass is 9.94. The van der Waals surface area contributed by atoms with Gasteiger partial charge in [-0.1, -0.05) is 37.3 Å². The maximum atomic E-state index is 13.0. The summed E-state index contributed by atoms with van der Waals surface area (Å²) in [4.78, 5) is 26.8. The number of hydrogen-bond acceptors (Lipinski definition) is 3. The minimum atomic E-state index is -0.478. The maximum Gasteiger partial charge on any atom is 0.244 e. The zero-order valence-electron chi connectivity index (χ0n) is 15.9. The number of carbonyl (C=O) groups is 2. The standard InChI is InChI=1S/C21H26FN3O2/c1-14(2)25(13-19(26)24-18-11-9-17(22)10-12-18)21(27)15(3)20(23)16-7-5-4-6-8-16/h4-12,14-15,20H,13,23H2,1-3H3,(H,24,26). The molecule has 2 aromatic rings. The fourth-order valence-corrected chi connectivity index (χ4v) is 2.78. The molecular formula is C21H26FN3O2. The largest absolute Gasteiger partial charge is 0.331 e. The third-order valence-electron chi connectivity index (χ3n) is 4.46. The molecule has 0 spiro atoms. The van der Waals surface area contributed by atoms with Crippen molar-refractivity contribution in [1.29, 1.82) is 0 Å². The van der Waals surface area contributed by atoms with Crippen LogP contribution in [-0.4, -0.2) is 29.3 Å². The first-order valence-electron chi connectivity index (χ1n) is 8.96. The molecule has 2 rings (SSSR count). The minimum Gasteiger partial charge on any atom is -0.331 e. The molecule has 0 aromatic heterocycles. The zero-order chi connectivity index (χ0) is 20.0. The monoisotopic (exact) mass is 371 g/mol. The van der Waals surface area contributed by atoms with Crippen LogP contribution in [0.4, 0.5) is 10.1 Å². The summed E-state index contributed by atoms with van der Waals surface area (Å²) in [5.74, 6) is -1.39. The zero-order valence-corrected chi connectivity index (χ0v) is 15.9. The van der Waals surface area contributed by atoms with E-state index in [0.717, 1.165) is 5.56 Å². The molecule has 5 nitrogen and oxygen atoms in total. The van der Waals surface area contributed by atoms with Crippen molar-refractivity contribution in [2.75, 3.05) is 11.9 Å². The Morgan fingerprint density at radius 2 is 1.63 bits per heavy atom. The van der Waals surface area contributed by atoms with Crippen molar-refractivity contribution in [3.8, 4) is 0 Å². The van der Waals surface area contributed by atoms with E-state index in [0.29, 0.717) is 5.69 Å². The number of halogens is 1. The van der Waals surface area contributed by atoms with E-state index in [1.165, 1.54) is 29.2 Å². The van der Waals surface area contributed by atoms with Crippen LogP contribution in [0.2, 0.25) is 0 Å². The SMILES string of the molecule is CC(C(=O)N(CC(=O)Nc1ccc(F)cc1)C(C)C)C(N)c1ccccc1. The van der Waals surface area contributed by atoms with Gasteiger partial charge < -0.3 is 16.0 Å². The first-order valence-corrected chi connectivity index (χ1v) is 8.96. The Kier molecular flexibility index (Phi) is 7.07. The molecule has 2 unspecified atom stereocenters. The maximum absolute atomic E-state index is 13.0. The van der Waals surface area contributed by atoms with Gasteiger partial charge in [-0.3, -0.25) is 9.59 Å². The number of rotatable bonds is 7. The number of nitrogens with two attached hydrogens (primary N) is 1. The van der Waals surface area contributed by atoms with Crippen molar-refractivity contribution in [1.82, 2.24) is 4.90 Å². The molecule has 27 heavy (non-hydrogen) atoms. The predicted octanol–water partition coefficient (Wildman–Crippen LogP) is 3.34. The summed E-state index contributed by atoms with van der Waals surface area (Å²) < 4.78 is 13.0. The van der Waals surface area contributed by atoms with Crippen LogP contribution in [0.3, 0.4) is 0 Å². The van der Waals surface area contributed by atoms with Crippen LogP contribution in [0.25, 0.3) is 0 Å². The van der Waals surface area contributed by atoms with Gasteiger partial charge in [0.2, 0.25) is 11.8 Å². The lowest BCUT2D eigenvalue weighted by molar-refractivity contribution is -0.140. The summed E-state index contributed by atoms with van der Waals surface area (Å²) in [7, 11) is 0. The van der Waals surface area contributed by atoms with Crippen LogP contribution in [-0.2, 0) is 9.59 Å². The second kappa shape index (κ2) is 9.28. The highest BCUT2D eigenvalue weighted by Crippen LogP contribution is 2.22. The Bertz CT molecular complexity index is 763. The number of hydrogen-bond donors (Lipinski definition) is 2. The van der Waals surface area contributed by atoms with Crippen LogP contribution in [0.5, 0.6) is 0 Å². The molecule has 6 heteroatoms. The average Bonchev–Trinajstić information content (AvgIpc) is 2.66. The van der Waals surface area contributed by atoms with E-state index in [9.17, 15) is 14.0 Å². The quantitative estimate of drug-likeness (QED) is 0.784. The molecule has 3 N–H and O–H groups in total. The first-order chi connectivity index (χ1) is 12.8. The number of anilines is 1. The Labute approximate surface area is 159 Å². The van der Waals surface area contributed by atoms with Gasteiger partial charge in [-0.2, -0.15) is 0 Å². The van der Waals surface area contributed by atoms with Gasteiger partial charge in [0.05, 0.1) is 5.92 Å². The summed E-state index contributed by atoms with van der Waals surface area (Å²) in [6.07, 6.45) is 0. The van der Waals surface area contributed by atoms with Gasteiger partial charge in [-0.05, 0) is 43.7 Å². The Morgan fingerprint density at radius 1 is 1.04 bits per heavy atom. The molecule has 0 fully saturated rings. The second-order valence-electron chi connectivity index (χ2n) is 6.84. The molecule has 0 aliphatic heterocycles. The third-order valence-corrected chi connectivity index (χ3v) is 4.46. The number of nitrogens with one attached hydrogen (secondary N) is 1. The molecule has 0 heterocycles. The van der Waals surface area contributed by atoms with E-state index in [1.807, 2.05) is 44.2 Å². The molecule has 0 aliphatic rings. The molecule has 2 aromatic carbocycles. The average molecular weight is 371 g/mol. The van der Waals surface area contributed by atoms with Gasteiger partial charge in [-0.15, -0.1) is 0 Å². The second-order valence-corrected chi connectivity index (χ2v) is 6.84. The van der Waals surface area contributed by atoms with Gasteiger partial charge in [0.15, 0.2) is 0 Å². The van der Waals surface area contributed by atoms with Crippen molar-refractivity contribution in [3.05, 3.63) is 66.0 Å². The summed E-state index contributed by atoms with van der Waals surface area (Å²) in [5.41, 5.74) is 7.61. The Morgan fingerprint density at radius 3 is 2.19 bits per heavy atom. The number of carbonyl (C=O) groups excluding carboxylic acids is 2. The minimum absolute atomic E-state index is 0.0975. The van der Waals surface area contributed by atoms with Crippen LogP contribution >= 0.6 is 0 Å². The van der Waals surface area contributed by atoms with Crippen LogP contribution in [0, 0.1) is 11.7 Å². The molecule has 2 amide bonds. The normalized spacial score (nSPS) is 13.1. The fourth-order valence-electron chi connectivity index (χ4n) is 2.78. The fraction of sp³-hybridized carbons (Fsp3) is 0.333. The number of benzene rings is 2. The summed E-state index contributed by atoms with van der Waals surface area (Å²) in [6, 6.07) is 14.3. The van der Waals surface area contributed by atoms with Crippen molar-refractivity contribution >= 4 is 17.5 Å². The van der Waals surface area contributed by atoms with E-state index in [2.05, 4.69) is 5.32 Å². The van der Waals surface area contributed by atoms with E-state index >= 15 is 0 Å². The molecule has 0 saturated carbocycles. The Balaban J connectivity index is 2.05. The summed E-state index contributed by atoms with van der Waals surface area (Å²) >= 11 is 0. The molecule has 2 atom stereocenters. The first kappa shape index (κ1) is 20.6. The number of nitrogens with zero attached hydrogens (tertiary/aromatic N) is 1. The molecule has 0 aliphatic carbocycles. The summed E-state index contributed by atoms with van der Waals surface area (Å²) in [5, 5.41) is 2.68. The molecular weight excluding hydrogens is 345 g/mol. The van der Waals surface area contributed by atoms with Crippen molar-refractivity contribution in [2.24, 2.45) is 11.7 Å². The van der Waals surface area contributed by atoms with Crippen LogP contribution in [0.1, 0.15) is 32.4 Å². The van der Waals surface area contributed by atoms with E-state index in [-0.39, 0.29) is 30.2 Å². The van der Waals surface area contributed by atoms with Crippen molar-refractivity contribution < 1.29 is 14.0 Å². The molecule has 144 valence electrons. The topological polar surface area (TPSA) is 75.4 Å². The van der Waals surface area contributed by atoms with Gasteiger partial charge in [0.1, 0.15) is 12.4 Å². The van der Waals surface area contributed by atoms with E-state index in [4.69, 9.17) is 5.73 Å². The molecule has 0 saturated heterocycles. The third kappa shape index (κ3) is 5.62. The van der Waals surface area contributed by atoms with E-state index in [1.54, 1.807) is 6.92 Å². The highest BCUT2D eigenvalue weighted by Gasteiger charge is 2.29. The lowest BCUT2D eigenvalue weighted by Gasteiger charge is -2.31. The lowest BCUT2D eigenvalue weighted by Crippen LogP contribution is -2.46. The summed E-state index contributed by atoms with van der Waals surface area (Å²) in [6.45, 7) is 5.38. The highest BCUT2D eigenvalue weighted by atomic mass is 19.1. The van der Waals surface area contributed by atoms with Crippen molar-refractivity contribution in [2.45, 2.75) is 32.9 Å². The predicted molar refractivity (Wildman–Crippen MR) is 104 cm³/mol. The van der Waals surface area contributed by atoms with Crippen LogP contribution in [0.15, 0.2) is 54.6 Å². The van der Waals surface area contributed by atoms with Gasteiger partial charge in [-0.25, -0.2) is 4.39 Å². The Hall–Kier alpha value is -2.73.